The summed E-state index contributed by atoms with van der Waals surface area (Å²) in [6, 6.07) is 16.3. The van der Waals surface area contributed by atoms with Crippen LogP contribution < -0.4 is 0 Å². The SMILES string of the molecule is C=CCCC(C=C)N(C)Cc1c(C=C)cccc1CCc1ccc(CN2CCCCC2)cc1. The second-order valence-electron chi connectivity index (χ2n) is 9.43. The second kappa shape index (κ2) is 13.3. The van der Waals surface area contributed by atoms with Crippen molar-refractivity contribution in [2.45, 2.75) is 64.1 Å². The minimum Gasteiger partial charge on any atom is -0.299 e. The van der Waals surface area contributed by atoms with E-state index < -0.39 is 0 Å². The number of hydrogen-bond acceptors (Lipinski definition) is 2. The Kier molecular flexibility index (Phi) is 10.2. The van der Waals surface area contributed by atoms with Crippen LogP contribution in [0.2, 0.25) is 0 Å². The molecule has 0 bridgehead atoms. The van der Waals surface area contributed by atoms with Crippen molar-refractivity contribution in [1.29, 1.82) is 0 Å². The maximum Gasteiger partial charge on any atom is 0.0279 e. The van der Waals surface area contributed by atoms with Gasteiger partial charge in [-0.2, -0.15) is 0 Å². The van der Waals surface area contributed by atoms with Crippen molar-refractivity contribution in [2.75, 3.05) is 20.1 Å². The Morgan fingerprint density at radius 1 is 0.939 bits per heavy atom. The third kappa shape index (κ3) is 7.55. The Morgan fingerprint density at radius 2 is 1.67 bits per heavy atom. The van der Waals surface area contributed by atoms with E-state index in [1.165, 1.54) is 60.2 Å². The zero-order valence-corrected chi connectivity index (χ0v) is 20.6. The van der Waals surface area contributed by atoms with Gasteiger partial charge in [-0.3, -0.25) is 9.80 Å². The average Bonchev–Trinajstić information content (AvgIpc) is 2.85. The molecule has 1 unspecified atom stereocenters. The summed E-state index contributed by atoms with van der Waals surface area (Å²) in [6.07, 6.45) is 14.3. The lowest BCUT2D eigenvalue weighted by Crippen LogP contribution is -2.30. The average molecular weight is 443 g/mol. The van der Waals surface area contributed by atoms with Crippen molar-refractivity contribution >= 4 is 6.08 Å². The molecule has 0 spiro atoms. The third-order valence-electron chi connectivity index (χ3n) is 7.00. The molecule has 0 saturated carbocycles. The standard InChI is InChI=1S/C31H42N2/c1-5-8-15-30(7-3)32(4)25-31-28(6-2)13-12-14-29(31)21-20-26-16-18-27(19-17-26)24-33-22-10-9-11-23-33/h5-7,12-14,16-19,30H,1-3,8-11,15,20-25H2,4H3. The van der Waals surface area contributed by atoms with E-state index in [4.69, 9.17) is 0 Å². The Labute approximate surface area is 202 Å². The van der Waals surface area contributed by atoms with Gasteiger partial charge in [0.05, 0.1) is 0 Å². The van der Waals surface area contributed by atoms with Crippen LogP contribution in [0, 0.1) is 0 Å². The molecule has 1 atom stereocenters. The van der Waals surface area contributed by atoms with Crippen LogP contribution >= 0.6 is 0 Å². The first-order chi connectivity index (χ1) is 16.1. The quantitative estimate of drug-likeness (QED) is 0.307. The number of nitrogens with zero attached hydrogens (tertiary/aromatic N) is 2. The number of rotatable bonds is 13. The van der Waals surface area contributed by atoms with E-state index in [0.29, 0.717) is 6.04 Å². The van der Waals surface area contributed by atoms with Crippen molar-refractivity contribution in [3.8, 4) is 0 Å². The maximum absolute atomic E-state index is 4.07. The first kappa shape index (κ1) is 25.2. The molecule has 2 nitrogen and oxygen atoms in total. The molecule has 0 aromatic heterocycles. The zero-order chi connectivity index (χ0) is 23.5. The summed E-state index contributed by atoms with van der Waals surface area (Å²) < 4.78 is 0. The van der Waals surface area contributed by atoms with Gasteiger partial charge in [0, 0.05) is 19.1 Å². The summed E-state index contributed by atoms with van der Waals surface area (Å²) in [6.45, 7) is 16.5. The molecule has 2 aromatic rings. The molecule has 0 aliphatic carbocycles. The molecule has 1 aliphatic rings. The van der Waals surface area contributed by atoms with Crippen molar-refractivity contribution in [3.05, 3.63) is 102 Å². The van der Waals surface area contributed by atoms with Crippen LogP contribution in [0.25, 0.3) is 6.08 Å². The van der Waals surface area contributed by atoms with Crippen LogP contribution in [0.15, 0.2) is 74.4 Å². The summed E-state index contributed by atoms with van der Waals surface area (Å²) in [4.78, 5) is 4.99. The molecule has 1 heterocycles. The first-order valence-electron chi connectivity index (χ1n) is 12.6. The van der Waals surface area contributed by atoms with Crippen LogP contribution in [0.4, 0.5) is 0 Å². The van der Waals surface area contributed by atoms with Gasteiger partial charge in [0.1, 0.15) is 0 Å². The normalized spacial score (nSPS) is 15.3. The lowest BCUT2D eigenvalue weighted by molar-refractivity contribution is 0.221. The Morgan fingerprint density at radius 3 is 2.33 bits per heavy atom. The van der Waals surface area contributed by atoms with E-state index in [2.05, 4.69) is 85.1 Å². The summed E-state index contributed by atoms with van der Waals surface area (Å²) in [7, 11) is 2.19. The number of aryl methyl sites for hydroxylation is 2. The summed E-state index contributed by atoms with van der Waals surface area (Å²) in [5, 5.41) is 0. The fourth-order valence-electron chi connectivity index (χ4n) is 4.91. The number of allylic oxidation sites excluding steroid dienone is 1. The topological polar surface area (TPSA) is 6.48 Å². The van der Waals surface area contributed by atoms with E-state index in [1.807, 2.05) is 12.2 Å². The molecule has 176 valence electrons. The second-order valence-corrected chi connectivity index (χ2v) is 9.43. The van der Waals surface area contributed by atoms with E-state index >= 15 is 0 Å². The van der Waals surface area contributed by atoms with Gasteiger partial charge in [0.15, 0.2) is 0 Å². The van der Waals surface area contributed by atoms with E-state index in [1.54, 1.807) is 0 Å². The Bertz CT molecular complexity index is 890. The number of likely N-dealkylation sites (tertiary alicyclic amines) is 1. The van der Waals surface area contributed by atoms with Gasteiger partial charge in [0.2, 0.25) is 0 Å². The van der Waals surface area contributed by atoms with Gasteiger partial charge in [0.25, 0.3) is 0 Å². The van der Waals surface area contributed by atoms with Crippen LogP contribution in [-0.4, -0.2) is 36.0 Å². The van der Waals surface area contributed by atoms with Gasteiger partial charge in [-0.1, -0.05) is 73.7 Å². The largest absolute Gasteiger partial charge is 0.299 e. The van der Waals surface area contributed by atoms with E-state index in [9.17, 15) is 0 Å². The molecule has 2 heteroatoms. The molecule has 3 rings (SSSR count). The molecule has 1 aliphatic heterocycles. The minimum absolute atomic E-state index is 0.348. The van der Waals surface area contributed by atoms with Crippen molar-refractivity contribution in [3.63, 3.8) is 0 Å². The van der Waals surface area contributed by atoms with Crippen molar-refractivity contribution < 1.29 is 0 Å². The highest BCUT2D eigenvalue weighted by molar-refractivity contribution is 5.54. The van der Waals surface area contributed by atoms with Gasteiger partial charge in [-0.25, -0.2) is 0 Å². The number of piperidine rings is 1. The van der Waals surface area contributed by atoms with Crippen LogP contribution in [0.3, 0.4) is 0 Å². The molecule has 1 saturated heterocycles. The maximum atomic E-state index is 4.07. The Hall–Kier alpha value is -2.42. The lowest BCUT2D eigenvalue weighted by Gasteiger charge is -2.27. The Balaban J connectivity index is 1.65. The van der Waals surface area contributed by atoms with Crippen molar-refractivity contribution in [1.82, 2.24) is 9.80 Å². The summed E-state index contributed by atoms with van der Waals surface area (Å²) in [5.74, 6) is 0. The molecule has 0 N–H and O–H groups in total. The highest BCUT2D eigenvalue weighted by atomic mass is 15.1. The molecule has 0 radical (unpaired) electrons. The lowest BCUT2D eigenvalue weighted by atomic mass is 9.94. The predicted octanol–water partition coefficient (Wildman–Crippen LogP) is 7.05. The van der Waals surface area contributed by atoms with Gasteiger partial charge in [-0.05, 0) is 86.5 Å². The van der Waals surface area contributed by atoms with Gasteiger partial charge < -0.3 is 0 Å². The fraction of sp³-hybridized carbons (Fsp3) is 0.419. The smallest absolute Gasteiger partial charge is 0.0279 e. The number of benzene rings is 2. The van der Waals surface area contributed by atoms with Crippen molar-refractivity contribution in [2.24, 2.45) is 0 Å². The predicted molar refractivity (Wildman–Crippen MR) is 144 cm³/mol. The van der Waals surface area contributed by atoms with Crippen LogP contribution in [0.1, 0.15) is 59.9 Å². The first-order valence-corrected chi connectivity index (χ1v) is 12.6. The van der Waals surface area contributed by atoms with E-state index in [0.717, 1.165) is 38.8 Å². The molecule has 2 aromatic carbocycles. The van der Waals surface area contributed by atoms with Gasteiger partial charge in [-0.15, -0.1) is 13.2 Å². The summed E-state index contributed by atoms with van der Waals surface area (Å²) >= 11 is 0. The molecular weight excluding hydrogens is 400 g/mol. The molecule has 0 amide bonds. The van der Waals surface area contributed by atoms with Crippen LogP contribution in [-0.2, 0) is 25.9 Å². The highest BCUT2D eigenvalue weighted by Gasteiger charge is 2.15. The van der Waals surface area contributed by atoms with E-state index in [-0.39, 0.29) is 0 Å². The monoisotopic (exact) mass is 442 g/mol. The minimum atomic E-state index is 0.348. The third-order valence-corrected chi connectivity index (χ3v) is 7.00. The molecule has 33 heavy (non-hydrogen) atoms. The zero-order valence-electron chi connectivity index (χ0n) is 20.6. The van der Waals surface area contributed by atoms with Crippen LogP contribution in [0.5, 0.6) is 0 Å². The number of hydrogen-bond donors (Lipinski definition) is 0. The van der Waals surface area contributed by atoms with Gasteiger partial charge >= 0.3 is 0 Å². The number of likely N-dealkylation sites (N-methyl/N-ethyl adjacent to an activating group) is 1. The summed E-state index contributed by atoms with van der Waals surface area (Å²) in [5.41, 5.74) is 6.90. The fourth-order valence-corrected chi connectivity index (χ4v) is 4.91. The molecular formula is C31H42N2. The molecule has 1 fully saturated rings. The highest BCUT2D eigenvalue weighted by Crippen LogP contribution is 2.22.